The van der Waals surface area contributed by atoms with Crippen molar-refractivity contribution in [3.8, 4) is 0 Å². The van der Waals surface area contributed by atoms with Crippen LogP contribution >= 0.6 is 0 Å². The summed E-state index contributed by atoms with van der Waals surface area (Å²) < 4.78 is 10.8. The molecule has 1 aromatic heterocycles. The van der Waals surface area contributed by atoms with Gasteiger partial charge in [-0.25, -0.2) is 0 Å². The zero-order valence-corrected chi connectivity index (χ0v) is 17.9. The van der Waals surface area contributed by atoms with E-state index in [9.17, 15) is 9.59 Å². The van der Waals surface area contributed by atoms with E-state index in [0.717, 1.165) is 16.9 Å². The molecule has 0 saturated heterocycles. The molecule has 2 atom stereocenters. The molecule has 2 aromatic carbocycles. The maximum Gasteiger partial charge on any atom is 0.294 e. The van der Waals surface area contributed by atoms with Gasteiger partial charge in [-0.15, -0.1) is 0 Å². The number of fused-ring (bicyclic) bond motifs is 1. The number of rotatable bonds is 5. The molecule has 6 heteroatoms. The molecule has 4 rings (SSSR count). The molecule has 0 N–H and O–H groups in total. The predicted molar refractivity (Wildman–Crippen MR) is 119 cm³/mol. The second kappa shape index (κ2) is 8.78. The molecule has 1 aliphatic heterocycles. The Bertz CT molecular complexity index is 1080. The number of anilines is 2. The van der Waals surface area contributed by atoms with Gasteiger partial charge in [0.2, 0.25) is 5.91 Å². The Morgan fingerprint density at radius 1 is 1.06 bits per heavy atom. The fraction of sp³-hybridized carbons (Fsp3) is 0.280. The average Bonchev–Trinajstić information content (AvgIpc) is 3.23. The van der Waals surface area contributed by atoms with Crippen molar-refractivity contribution in [3.63, 3.8) is 0 Å². The van der Waals surface area contributed by atoms with E-state index in [1.807, 2.05) is 66.4 Å². The van der Waals surface area contributed by atoms with Gasteiger partial charge >= 0.3 is 0 Å². The molecule has 2 heterocycles. The second-order valence-corrected chi connectivity index (χ2v) is 7.76. The van der Waals surface area contributed by atoms with Gasteiger partial charge in [-0.2, -0.15) is 0 Å². The van der Waals surface area contributed by atoms with Crippen LogP contribution in [-0.2, 0) is 16.1 Å². The first-order valence-corrected chi connectivity index (χ1v) is 10.4. The zero-order chi connectivity index (χ0) is 22.0. The molecule has 0 unspecified atom stereocenters. The summed E-state index contributed by atoms with van der Waals surface area (Å²) in [4.78, 5) is 29.7. The van der Waals surface area contributed by atoms with Crippen LogP contribution in [0.5, 0.6) is 0 Å². The number of hydrogen-bond acceptors (Lipinski definition) is 4. The molecule has 2 amide bonds. The normalized spacial score (nSPS) is 17.8. The summed E-state index contributed by atoms with van der Waals surface area (Å²) >= 11 is 0. The van der Waals surface area contributed by atoms with Crippen LogP contribution in [0.25, 0.3) is 0 Å². The van der Waals surface area contributed by atoms with E-state index < -0.39 is 0 Å². The van der Waals surface area contributed by atoms with Crippen molar-refractivity contribution in [1.29, 1.82) is 0 Å². The third kappa shape index (κ3) is 3.99. The number of nitrogens with zero attached hydrogens (tertiary/aromatic N) is 2. The van der Waals surface area contributed by atoms with Crippen molar-refractivity contribution in [2.45, 2.75) is 39.0 Å². The van der Waals surface area contributed by atoms with Crippen LogP contribution in [0.4, 0.5) is 11.4 Å². The fourth-order valence-corrected chi connectivity index (χ4v) is 4.34. The molecule has 6 nitrogen and oxygen atoms in total. The second-order valence-electron chi connectivity index (χ2n) is 7.76. The lowest BCUT2D eigenvalue weighted by molar-refractivity contribution is -0.117. The predicted octanol–water partition coefficient (Wildman–Crippen LogP) is 4.96. The van der Waals surface area contributed by atoms with Crippen molar-refractivity contribution < 1.29 is 18.7 Å². The Balaban J connectivity index is 1.74. The molecule has 1 aliphatic rings. The van der Waals surface area contributed by atoms with E-state index in [0.29, 0.717) is 18.8 Å². The van der Waals surface area contributed by atoms with E-state index in [4.69, 9.17) is 9.15 Å². The monoisotopic (exact) mass is 418 g/mol. The van der Waals surface area contributed by atoms with Crippen molar-refractivity contribution in [3.05, 3.63) is 83.8 Å². The molecule has 0 aliphatic carbocycles. The topological polar surface area (TPSA) is 63.0 Å². The van der Waals surface area contributed by atoms with Gasteiger partial charge in [-0.3, -0.25) is 9.59 Å². The Morgan fingerprint density at radius 3 is 2.48 bits per heavy atom. The van der Waals surface area contributed by atoms with Crippen LogP contribution in [0.2, 0.25) is 0 Å². The molecular weight excluding hydrogens is 392 g/mol. The smallest absolute Gasteiger partial charge is 0.294 e. The van der Waals surface area contributed by atoms with Gasteiger partial charge in [0.25, 0.3) is 5.91 Å². The lowest BCUT2D eigenvalue weighted by Crippen LogP contribution is -2.47. The highest BCUT2D eigenvalue weighted by molar-refractivity contribution is 6.06. The highest BCUT2D eigenvalue weighted by Crippen LogP contribution is 2.42. The van der Waals surface area contributed by atoms with Crippen LogP contribution < -0.4 is 9.80 Å². The first-order valence-electron chi connectivity index (χ1n) is 10.4. The van der Waals surface area contributed by atoms with Crippen LogP contribution in [0.1, 0.15) is 48.2 Å². The Morgan fingerprint density at radius 2 is 1.77 bits per heavy atom. The molecule has 0 saturated carbocycles. The van der Waals surface area contributed by atoms with Crippen molar-refractivity contribution in [1.82, 2.24) is 0 Å². The van der Waals surface area contributed by atoms with Crippen LogP contribution in [-0.4, -0.2) is 25.0 Å². The van der Waals surface area contributed by atoms with Crippen molar-refractivity contribution in [2.24, 2.45) is 0 Å². The van der Waals surface area contributed by atoms with E-state index >= 15 is 0 Å². The highest BCUT2D eigenvalue weighted by atomic mass is 16.5. The number of benzene rings is 2. The Hall–Kier alpha value is -3.38. The minimum atomic E-state index is -0.199. The third-order valence-electron chi connectivity index (χ3n) is 5.62. The third-order valence-corrected chi connectivity index (χ3v) is 5.62. The van der Waals surface area contributed by atoms with Crippen LogP contribution in [0.3, 0.4) is 0 Å². The maximum atomic E-state index is 13.4. The Labute approximate surface area is 182 Å². The van der Waals surface area contributed by atoms with Gasteiger partial charge < -0.3 is 19.0 Å². The van der Waals surface area contributed by atoms with Crippen molar-refractivity contribution in [2.75, 3.05) is 16.9 Å². The summed E-state index contributed by atoms with van der Waals surface area (Å²) in [6.45, 7) is 3.90. The number of amides is 2. The number of carbonyl (C=O) groups is 2. The summed E-state index contributed by atoms with van der Waals surface area (Å²) in [6, 6.07) is 20.6. The lowest BCUT2D eigenvalue weighted by atomic mass is 9.89. The van der Waals surface area contributed by atoms with Gasteiger partial charge in [-0.1, -0.05) is 36.4 Å². The molecular formula is C25H26N2O4. The van der Waals surface area contributed by atoms with Crippen LogP contribution in [0, 0.1) is 0 Å². The van der Waals surface area contributed by atoms with Gasteiger partial charge in [0.15, 0.2) is 5.76 Å². The number of ether oxygens (including phenoxy) is 1. The fourth-order valence-electron chi connectivity index (χ4n) is 4.34. The molecule has 0 radical (unpaired) electrons. The molecule has 160 valence electrons. The van der Waals surface area contributed by atoms with Gasteiger partial charge in [0.05, 0.1) is 6.04 Å². The molecule has 31 heavy (non-hydrogen) atoms. The minimum absolute atomic E-state index is 0.0341. The molecule has 3 aromatic rings. The maximum absolute atomic E-state index is 13.4. The number of carbonyl (C=O) groups excluding carboxylic acids is 2. The number of hydrogen-bond donors (Lipinski definition) is 0. The first-order chi connectivity index (χ1) is 15.0. The Kier molecular flexibility index (Phi) is 5.91. The van der Waals surface area contributed by atoms with E-state index in [-0.39, 0.29) is 29.7 Å². The van der Waals surface area contributed by atoms with Crippen LogP contribution in [0.15, 0.2) is 71.1 Å². The average molecular weight is 418 g/mol. The molecule has 0 spiro atoms. The minimum Gasteiger partial charge on any atom is -0.453 e. The molecule has 0 bridgehead atoms. The lowest BCUT2D eigenvalue weighted by Gasteiger charge is -2.43. The quantitative estimate of drug-likeness (QED) is 0.588. The van der Waals surface area contributed by atoms with Gasteiger partial charge in [0.1, 0.15) is 12.4 Å². The summed E-state index contributed by atoms with van der Waals surface area (Å²) in [5.74, 6) is 0.648. The largest absolute Gasteiger partial charge is 0.453 e. The zero-order valence-electron chi connectivity index (χ0n) is 17.9. The standard InChI is InChI=1S/C25H26N2O4/c1-17-15-23(27(18(2)28)19-9-5-4-6-10-19)21-11-7-8-12-22(21)26(17)25(29)24-14-13-20(31-24)16-30-3/h4-14,17,23H,15-16H2,1-3H3/t17-,23+/m0/s1. The van der Waals surface area contributed by atoms with Gasteiger partial charge in [-0.05, 0) is 49.2 Å². The number of para-hydroxylation sites is 2. The molecule has 0 fully saturated rings. The highest BCUT2D eigenvalue weighted by Gasteiger charge is 2.38. The van der Waals surface area contributed by atoms with E-state index in [1.54, 1.807) is 31.1 Å². The summed E-state index contributed by atoms with van der Waals surface area (Å²) in [5, 5.41) is 0. The summed E-state index contributed by atoms with van der Waals surface area (Å²) in [5.41, 5.74) is 2.58. The number of furan rings is 1. The van der Waals surface area contributed by atoms with E-state index in [1.165, 1.54) is 0 Å². The summed E-state index contributed by atoms with van der Waals surface area (Å²) in [7, 11) is 1.58. The SMILES string of the molecule is COCc1ccc(C(=O)N2c3ccccc3[C@H](N(C(C)=O)c3ccccc3)C[C@@H]2C)o1. The van der Waals surface area contributed by atoms with E-state index in [2.05, 4.69) is 0 Å². The number of methoxy groups -OCH3 is 1. The van der Waals surface area contributed by atoms with Gasteiger partial charge in [0, 0.05) is 31.5 Å². The first kappa shape index (κ1) is 20.9. The van der Waals surface area contributed by atoms with Crippen molar-refractivity contribution >= 4 is 23.2 Å². The summed E-state index contributed by atoms with van der Waals surface area (Å²) in [6.07, 6.45) is 0.614.